The Labute approximate surface area is 182 Å². The Morgan fingerprint density at radius 3 is 2.55 bits per heavy atom. The van der Waals surface area contributed by atoms with Crippen LogP contribution in [0.2, 0.25) is 0 Å². The third-order valence-corrected chi connectivity index (χ3v) is 5.85. The predicted molar refractivity (Wildman–Crippen MR) is 115 cm³/mol. The highest BCUT2D eigenvalue weighted by Gasteiger charge is 2.51. The number of carbonyl (C=O) groups excluding carboxylic acids is 2. The fourth-order valence-electron chi connectivity index (χ4n) is 3.74. The highest BCUT2D eigenvalue weighted by atomic mass is 16.6. The van der Waals surface area contributed by atoms with Gasteiger partial charge in [-0.1, -0.05) is 31.2 Å². The zero-order valence-corrected chi connectivity index (χ0v) is 18.0. The van der Waals surface area contributed by atoms with Crippen LogP contribution in [0.25, 0.3) is 0 Å². The van der Waals surface area contributed by atoms with Crippen LogP contribution in [-0.4, -0.2) is 28.5 Å². The normalized spacial score (nSPS) is 21.2. The van der Waals surface area contributed by atoms with Gasteiger partial charge in [0.25, 0.3) is 0 Å². The van der Waals surface area contributed by atoms with Crippen molar-refractivity contribution in [1.29, 1.82) is 5.26 Å². The number of amides is 2. The second-order valence-electron chi connectivity index (χ2n) is 7.94. The first-order valence-corrected chi connectivity index (χ1v) is 10.4. The van der Waals surface area contributed by atoms with Crippen LogP contribution in [0.3, 0.4) is 0 Å². The molecule has 31 heavy (non-hydrogen) atoms. The fourth-order valence-corrected chi connectivity index (χ4v) is 3.74. The minimum absolute atomic E-state index is 0.262. The standard InChI is InChI=1S/C24H27N3O4/c1-4-16(2)30-23(29)27-20(13-14-24(27,3)22(26)28)17-9-11-19(12-10-17)31-21-8-6-5-7-18(21)15-25/h5-12,16,20H,4,13-14H2,1-3H3,(H2,26,28)/t16?,20-,24+/m1/s1. The zero-order chi connectivity index (χ0) is 22.6. The summed E-state index contributed by atoms with van der Waals surface area (Å²) in [6.07, 6.45) is 0.916. The molecule has 2 N–H and O–H groups in total. The van der Waals surface area contributed by atoms with Crippen molar-refractivity contribution >= 4 is 12.0 Å². The molecule has 0 aliphatic carbocycles. The maximum absolute atomic E-state index is 12.9. The van der Waals surface area contributed by atoms with Crippen molar-refractivity contribution in [3.8, 4) is 17.6 Å². The van der Waals surface area contributed by atoms with Gasteiger partial charge in [-0.2, -0.15) is 5.26 Å². The number of hydrogen-bond acceptors (Lipinski definition) is 5. The number of carbonyl (C=O) groups is 2. The summed E-state index contributed by atoms with van der Waals surface area (Å²) in [5.74, 6) is 0.485. The lowest BCUT2D eigenvalue weighted by Gasteiger charge is -2.36. The van der Waals surface area contributed by atoms with E-state index in [4.69, 9.17) is 15.2 Å². The Bertz CT molecular complexity index is 999. The monoisotopic (exact) mass is 421 g/mol. The van der Waals surface area contributed by atoms with Crippen LogP contribution < -0.4 is 10.5 Å². The minimum Gasteiger partial charge on any atom is -0.456 e. The van der Waals surface area contributed by atoms with Crippen molar-refractivity contribution in [2.75, 3.05) is 0 Å². The van der Waals surface area contributed by atoms with Gasteiger partial charge >= 0.3 is 6.09 Å². The highest BCUT2D eigenvalue weighted by molar-refractivity contribution is 5.89. The number of para-hydroxylation sites is 1. The lowest BCUT2D eigenvalue weighted by molar-refractivity contribution is -0.127. The summed E-state index contributed by atoms with van der Waals surface area (Å²) < 4.78 is 11.4. The summed E-state index contributed by atoms with van der Waals surface area (Å²) in [6.45, 7) is 5.43. The average Bonchev–Trinajstić information content (AvgIpc) is 3.13. The van der Waals surface area contributed by atoms with E-state index in [-0.39, 0.29) is 12.1 Å². The third kappa shape index (κ3) is 4.48. The van der Waals surface area contributed by atoms with Crippen LogP contribution >= 0.6 is 0 Å². The molecule has 7 heteroatoms. The van der Waals surface area contributed by atoms with E-state index in [0.29, 0.717) is 36.3 Å². The SMILES string of the molecule is CCC(C)OC(=O)N1[C@@H](c2ccc(Oc3ccccc3C#N)cc2)CC[C@@]1(C)C(N)=O. The number of ether oxygens (including phenoxy) is 2. The number of nitrogens with two attached hydrogens (primary N) is 1. The van der Waals surface area contributed by atoms with E-state index in [1.54, 1.807) is 43.3 Å². The fraction of sp³-hybridized carbons (Fsp3) is 0.375. The van der Waals surface area contributed by atoms with Crippen LogP contribution in [0.4, 0.5) is 4.79 Å². The van der Waals surface area contributed by atoms with Gasteiger partial charge in [0.1, 0.15) is 29.2 Å². The van der Waals surface area contributed by atoms with E-state index in [2.05, 4.69) is 6.07 Å². The maximum Gasteiger partial charge on any atom is 0.411 e. The molecule has 0 radical (unpaired) electrons. The topological polar surface area (TPSA) is 106 Å². The average molecular weight is 421 g/mol. The predicted octanol–water partition coefficient (Wildman–Crippen LogP) is 4.67. The molecule has 2 aromatic rings. The molecule has 0 spiro atoms. The van der Waals surface area contributed by atoms with Crippen LogP contribution in [0.15, 0.2) is 48.5 Å². The number of rotatable bonds is 6. The molecule has 0 aromatic heterocycles. The van der Waals surface area contributed by atoms with E-state index < -0.39 is 17.5 Å². The van der Waals surface area contributed by atoms with Gasteiger partial charge in [-0.25, -0.2) is 4.79 Å². The van der Waals surface area contributed by atoms with Crippen LogP contribution in [0, 0.1) is 11.3 Å². The minimum atomic E-state index is -1.11. The quantitative estimate of drug-likeness (QED) is 0.730. The van der Waals surface area contributed by atoms with E-state index in [0.717, 1.165) is 5.56 Å². The number of nitriles is 1. The van der Waals surface area contributed by atoms with Crippen LogP contribution in [0.1, 0.15) is 57.2 Å². The van der Waals surface area contributed by atoms with Crippen molar-refractivity contribution in [3.05, 3.63) is 59.7 Å². The maximum atomic E-state index is 12.9. The number of primary amides is 1. The van der Waals surface area contributed by atoms with Gasteiger partial charge in [-0.3, -0.25) is 9.69 Å². The van der Waals surface area contributed by atoms with Crippen molar-refractivity contribution in [1.82, 2.24) is 4.90 Å². The van der Waals surface area contributed by atoms with E-state index >= 15 is 0 Å². The Hall–Kier alpha value is -3.53. The van der Waals surface area contributed by atoms with Gasteiger partial charge < -0.3 is 15.2 Å². The number of nitrogens with zero attached hydrogens (tertiary/aromatic N) is 2. The molecular weight excluding hydrogens is 394 g/mol. The summed E-state index contributed by atoms with van der Waals surface area (Å²) in [5.41, 5.74) is 5.85. The second kappa shape index (κ2) is 9.09. The molecule has 1 unspecified atom stereocenters. The van der Waals surface area contributed by atoms with Gasteiger partial charge in [-0.15, -0.1) is 0 Å². The number of benzene rings is 2. The summed E-state index contributed by atoms with van der Waals surface area (Å²) in [6, 6.07) is 16.0. The molecular formula is C24H27N3O4. The molecule has 1 saturated heterocycles. The highest BCUT2D eigenvalue weighted by Crippen LogP contribution is 2.43. The molecule has 7 nitrogen and oxygen atoms in total. The molecule has 3 atom stereocenters. The van der Waals surface area contributed by atoms with Crippen molar-refractivity contribution in [2.45, 2.75) is 57.7 Å². The van der Waals surface area contributed by atoms with Gasteiger partial charge in [0.15, 0.2) is 0 Å². The van der Waals surface area contributed by atoms with Crippen molar-refractivity contribution in [3.63, 3.8) is 0 Å². The molecule has 1 aliphatic heterocycles. The summed E-state index contributed by atoms with van der Waals surface area (Å²) >= 11 is 0. The van der Waals surface area contributed by atoms with Crippen molar-refractivity contribution < 1.29 is 19.1 Å². The molecule has 162 valence electrons. The lowest BCUT2D eigenvalue weighted by atomic mass is 9.98. The first-order valence-electron chi connectivity index (χ1n) is 10.4. The summed E-state index contributed by atoms with van der Waals surface area (Å²) in [4.78, 5) is 26.6. The zero-order valence-electron chi connectivity index (χ0n) is 18.0. The molecule has 1 fully saturated rings. The number of likely N-dealkylation sites (tertiary alicyclic amines) is 1. The Morgan fingerprint density at radius 2 is 1.94 bits per heavy atom. The first-order chi connectivity index (χ1) is 14.8. The molecule has 1 heterocycles. The second-order valence-corrected chi connectivity index (χ2v) is 7.94. The van der Waals surface area contributed by atoms with E-state index in [1.165, 1.54) is 4.90 Å². The molecule has 2 amide bonds. The Morgan fingerprint density at radius 1 is 1.26 bits per heavy atom. The van der Waals surface area contributed by atoms with Gasteiger partial charge in [0.2, 0.25) is 5.91 Å². The number of hydrogen-bond donors (Lipinski definition) is 1. The van der Waals surface area contributed by atoms with Crippen molar-refractivity contribution in [2.24, 2.45) is 5.73 Å². The Balaban J connectivity index is 1.85. The smallest absolute Gasteiger partial charge is 0.411 e. The van der Waals surface area contributed by atoms with Gasteiger partial charge in [0.05, 0.1) is 11.6 Å². The molecule has 2 aromatic carbocycles. The van der Waals surface area contributed by atoms with Crippen LogP contribution in [-0.2, 0) is 9.53 Å². The summed E-state index contributed by atoms with van der Waals surface area (Å²) in [5, 5.41) is 9.22. The van der Waals surface area contributed by atoms with Gasteiger partial charge in [0, 0.05) is 0 Å². The molecule has 0 bridgehead atoms. The molecule has 0 saturated carbocycles. The molecule has 3 rings (SSSR count). The van der Waals surface area contributed by atoms with Crippen LogP contribution in [0.5, 0.6) is 11.5 Å². The largest absolute Gasteiger partial charge is 0.456 e. The molecule has 1 aliphatic rings. The Kier molecular flexibility index (Phi) is 6.50. The third-order valence-electron chi connectivity index (χ3n) is 5.85. The van der Waals surface area contributed by atoms with E-state index in [9.17, 15) is 14.9 Å². The van der Waals surface area contributed by atoms with Gasteiger partial charge in [-0.05, 0) is 62.9 Å². The first kappa shape index (κ1) is 22.2. The van der Waals surface area contributed by atoms with E-state index in [1.807, 2.05) is 26.0 Å². The summed E-state index contributed by atoms with van der Waals surface area (Å²) in [7, 11) is 0. The lowest BCUT2D eigenvalue weighted by Crippen LogP contribution is -2.55.